The highest BCUT2D eigenvalue weighted by Crippen LogP contribution is 2.32. The minimum Gasteiger partial charge on any atom is -0.508 e. The first-order valence-corrected chi connectivity index (χ1v) is 9.17. The van der Waals surface area contributed by atoms with Crippen LogP contribution in [0.4, 0.5) is 0 Å². The zero-order chi connectivity index (χ0) is 19.3. The molecule has 1 atom stereocenters. The second-order valence-electron chi connectivity index (χ2n) is 7.03. The van der Waals surface area contributed by atoms with Gasteiger partial charge in [-0.2, -0.15) is 0 Å². The zero-order valence-corrected chi connectivity index (χ0v) is 16.3. The molecule has 2 aromatic carbocycles. The number of hydrogen-bond donors (Lipinski definition) is 2. The number of aromatic hydroxyl groups is 1. The van der Waals surface area contributed by atoms with Crippen LogP contribution in [0.5, 0.6) is 17.2 Å². The van der Waals surface area contributed by atoms with Gasteiger partial charge in [0.2, 0.25) is 5.91 Å². The monoisotopic (exact) mass is 355 g/mol. The first-order chi connectivity index (χ1) is 12.3. The topological polar surface area (TPSA) is 58.6 Å². The highest BCUT2D eigenvalue weighted by atomic mass is 16.5. The van der Waals surface area contributed by atoms with E-state index in [0.717, 1.165) is 35.3 Å². The fraction of sp³-hybridized carbons (Fsp3) is 0.409. The number of carbonyl (C=O) groups is 1. The van der Waals surface area contributed by atoms with Crippen molar-refractivity contribution in [1.29, 1.82) is 0 Å². The number of amides is 1. The van der Waals surface area contributed by atoms with Crippen LogP contribution in [0.15, 0.2) is 30.3 Å². The van der Waals surface area contributed by atoms with Gasteiger partial charge < -0.3 is 15.2 Å². The Morgan fingerprint density at radius 1 is 1.12 bits per heavy atom. The summed E-state index contributed by atoms with van der Waals surface area (Å²) in [5.74, 6) is 1.91. The second-order valence-corrected chi connectivity index (χ2v) is 7.03. The molecule has 26 heavy (non-hydrogen) atoms. The van der Waals surface area contributed by atoms with Gasteiger partial charge in [0, 0.05) is 12.5 Å². The summed E-state index contributed by atoms with van der Waals surface area (Å²) < 4.78 is 6.05. The lowest BCUT2D eigenvalue weighted by Gasteiger charge is -2.17. The molecule has 0 radical (unpaired) electrons. The Hall–Kier alpha value is -2.49. The second kappa shape index (κ2) is 8.75. The van der Waals surface area contributed by atoms with E-state index in [2.05, 4.69) is 17.4 Å². The molecule has 0 aliphatic carbocycles. The maximum Gasteiger partial charge on any atom is 0.220 e. The van der Waals surface area contributed by atoms with Crippen LogP contribution in [0.25, 0.3) is 0 Å². The number of carbonyl (C=O) groups excluding carboxylic acids is 1. The summed E-state index contributed by atoms with van der Waals surface area (Å²) in [4.78, 5) is 11.7. The van der Waals surface area contributed by atoms with Crippen molar-refractivity contribution in [2.45, 2.75) is 59.9 Å². The fourth-order valence-corrected chi connectivity index (χ4v) is 3.11. The van der Waals surface area contributed by atoms with Crippen LogP contribution in [0, 0.1) is 20.8 Å². The third-order valence-corrected chi connectivity index (χ3v) is 4.33. The van der Waals surface area contributed by atoms with Gasteiger partial charge in [-0.3, -0.25) is 4.79 Å². The summed E-state index contributed by atoms with van der Waals surface area (Å²) in [5, 5.41) is 12.7. The third-order valence-electron chi connectivity index (χ3n) is 4.33. The molecular weight excluding hydrogens is 326 g/mol. The molecule has 0 heterocycles. The van der Waals surface area contributed by atoms with Gasteiger partial charge in [0.25, 0.3) is 0 Å². The van der Waals surface area contributed by atoms with Crippen molar-refractivity contribution in [3.8, 4) is 17.2 Å². The lowest BCUT2D eigenvalue weighted by atomic mass is 10.0. The van der Waals surface area contributed by atoms with E-state index in [1.807, 2.05) is 40.7 Å². The van der Waals surface area contributed by atoms with Gasteiger partial charge in [0.15, 0.2) is 0 Å². The van der Waals surface area contributed by atoms with E-state index in [-0.39, 0.29) is 17.7 Å². The van der Waals surface area contributed by atoms with E-state index >= 15 is 0 Å². The van der Waals surface area contributed by atoms with Crippen LogP contribution in [-0.4, -0.2) is 17.1 Å². The standard InChI is InChI=1S/C22H29NO3/c1-6-7-21(25)23-17(5)13-18-10-15(3)22(16(4)11-18)26-19-8-9-20(24)14(2)12-19/h8-12,17,24H,6-7,13H2,1-5H3,(H,23,25). The van der Waals surface area contributed by atoms with Gasteiger partial charge in [-0.1, -0.05) is 19.1 Å². The lowest BCUT2D eigenvalue weighted by molar-refractivity contribution is -0.121. The van der Waals surface area contributed by atoms with E-state index in [4.69, 9.17) is 4.74 Å². The Kier molecular flexibility index (Phi) is 6.67. The molecule has 0 saturated heterocycles. The number of aryl methyl sites for hydroxylation is 3. The molecule has 4 nitrogen and oxygen atoms in total. The van der Waals surface area contributed by atoms with Crippen molar-refractivity contribution in [1.82, 2.24) is 5.32 Å². The Morgan fingerprint density at radius 2 is 1.77 bits per heavy atom. The molecule has 0 fully saturated rings. The molecule has 0 spiro atoms. The Balaban J connectivity index is 2.12. The zero-order valence-electron chi connectivity index (χ0n) is 16.3. The molecular formula is C22H29NO3. The van der Waals surface area contributed by atoms with Gasteiger partial charge in [-0.05, 0) is 81.0 Å². The minimum atomic E-state index is 0.0966. The molecule has 0 aliphatic rings. The van der Waals surface area contributed by atoms with Gasteiger partial charge in [-0.25, -0.2) is 0 Å². The summed E-state index contributed by atoms with van der Waals surface area (Å²) in [6, 6.07) is 9.55. The normalized spacial score (nSPS) is 11.9. The molecule has 140 valence electrons. The van der Waals surface area contributed by atoms with Gasteiger partial charge >= 0.3 is 0 Å². The SMILES string of the molecule is CCCC(=O)NC(C)Cc1cc(C)c(Oc2ccc(O)c(C)c2)c(C)c1. The molecule has 0 aromatic heterocycles. The quantitative estimate of drug-likeness (QED) is 0.738. The largest absolute Gasteiger partial charge is 0.508 e. The fourth-order valence-electron chi connectivity index (χ4n) is 3.11. The van der Waals surface area contributed by atoms with Crippen molar-refractivity contribution in [2.24, 2.45) is 0 Å². The predicted octanol–water partition coefficient (Wildman–Crippen LogP) is 4.96. The van der Waals surface area contributed by atoms with Crippen molar-refractivity contribution in [3.63, 3.8) is 0 Å². The van der Waals surface area contributed by atoms with Crippen LogP contribution in [-0.2, 0) is 11.2 Å². The number of phenolic OH excluding ortho intramolecular Hbond substituents is 1. The molecule has 0 aliphatic heterocycles. The number of ether oxygens (including phenoxy) is 1. The van der Waals surface area contributed by atoms with Crippen LogP contribution in [0.1, 0.15) is 48.9 Å². The van der Waals surface area contributed by atoms with Crippen LogP contribution < -0.4 is 10.1 Å². The Bertz CT molecular complexity index is 760. The molecule has 0 bridgehead atoms. The summed E-state index contributed by atoms with van der Waals surface area (Å²) in [7, 11) is 0. The maximum atomic E-state index is 11.7. The molecule has 2 N–H and O–H groups in total. The predicted molar refractivity (Wildman–Crippen MR) is 105 cm³/mol. The molecule has 2 aromatic rings. The van der Waals surface area contributed by atoms with Crippen molar-refractivity contribution >= 4 is 5.91 Å². The van der Waals surface area contributed by atoms with E-state index in [0.29, 0.717) is 12.2 Å². The average molecular weight is 355 g/mol. The van der Waals surface area contributed by atoms with E-state index < -0.39 is 0 Å². The van der Waals surface area contributed by atoms with Crippen LogP contribution in [0.2, 0.25) is 0 Å². The smallest absolute Gasteiger partial charge is 0.220 e. The number of benzene rings is 2. The minimum absolute atomic E-state index is 0.0966. The molecule has 0 saturated carbocycles. The summed E-state index contributed by atoms with van der Waals surface area (Å²) >= 11 is 0. The number of rotatable bonds is 7. The number of nitrogens with one attached hydrogen (secondary N) is 1. The Morgan fingerprint density at radius 3 is 2.35 bits per heavy atom. The van der Waals surface area contributed by atoms with E-state index in [1.54, 1.807) is 12.1 Å². The van der Waals surface area contributed by atoms with E-state index in [1.165, 1.54) is 5.56 Å². The van der Waals surface area contributed by atoms with Gasteiger partial charge in [0.1, 0.15) is 17.2 Å². The van der Waals surface area contributed by atoms with Crippen molar-refractivity contribution in [3.05, 3.63) is 52.6 Å². The highest BCUT2D eigenvalue weighted by molar-refractivity contribution is 5.76. The summed E-state index contributed by atoms with van der Waals surface area (Å²) in [6.45, 7) is 9.94. The highest BCUT2D eigenvalue weighted by Gasteiger charge is 2.12. The summed E-state index contributed by atoms with van der Waals surface area (Å²) in [6.07, 6.45) is 2.22. The molecule has 4 heteroatoms. The number of hydrogen-bond acceptors (Lipinski definition) is 3. The van der Waals surface area contributed by atoms with Gasteiger partial charge in [-0.15, -0.1) is 0 Å². The Labute approximate surface area is 156 Å². The first kappa shape index (κ1) is 19.8. The van der Waals surface area contributed by atoms with Crippen molar-refractivity contribution in [2.75, 3.05) is 0 Å². The average Bonchev–Trinajstić information content (AvgIpc) is 2.54. The van der Waals surface area contributed by atoms with Crippen molar-refractivity contribution < 1.29 is 14.6 Å². The first-order valence-electron chi connectivity index (χ1n) is 9.17. The summed E-state index contributed by atoms with van der Waals surface area (Å²) in [5.41, 5.74) is 4.07. The lowest BCUT2D eigenvalue weighted by Crippen LogP contribution is -2.33. The molecule has 1 unspecified atom stereocenters. The third kappa shape index (κ3) is 5.25. The van der Waals surface area contributed by atoms with Crippen LogP contribution in [0.3, 0.4) is 0 Å². The molecule has 2 rings (SSSR count). The number of phenols is 1. The van der Waals surface area contributed by atoms with Gasteiger partial charge in [0.05, 0.1) is 0 Å². The van der Waals surface area contributed by atoms with Crippen LogP contribution >= 0.6 is 0 Å². The van der Waals surface area contributed by atoms with E-state index in [9.17, 15) is 9.90 Å². The maximum absolute atomic E-state index is 11.7. The molecule has 1 amide bonds.